The van der Waals surface area contributed by atoms with E-state index in [2.05, 4.69) is 0 Å². The monoisotopic (exact) mass is 260 g/mol. The van der Waals surface area contributed by atoms with Crippen LogP contribution in [0.1, 0.15) is 49.0 Å². The van der Waals surface area contributed by atoms with Gasteiger partial charge in [-0.2, -0.15) is 0 Å². The number of phenols is 1. The van der Waals surface area contributed by atoms with Gasteiger partial charge < -0.3 is 9.84 Å². The zero-order valence-corrected chi connectivity index (χ0v) is 11.0. The van der Waals surface area contributed by atoms with Crippen LogP contribution in [0.15, 0.2) is 12.1 Å². The SMILES string of the molecule is C[C@]12CCC[C@]1(C)c1cc(O)c(C=O)cc1OC2=O. The zero-order valence-electron chi connectivity index (χ0n) is 11.0. The summed E-state index contributed by atoms with van der Waals surface area (Å²) in [4.78, 5) is 23.1. The first-order valence-electron chi connectivity index (χ1n) is 6.47. The molecule has 0 unspecified atom stereocenters. The quantitative estimate of drug-likeness (QED) is 0.479. The van der Waals surface area contributed by atoms with Gasteiger partial charge in [0.15, 0.2) is 6.29 Å². The number of phenolic OH excluding ortho intramolecular Hbond substituents is 1. The number of aldehydes is 1. The molecule has 1 aromatic rings. The van der Waals surface area contributed by atoms with Crippen molar-refractivity contribution in [2.24, 2.45) is 5.41 Å². The highest BCUT2D eigenvalue weighted by Gasteiger charge is 2.59. The summed E-state index contributed by atoms with van der Waals surface area (Å²) < 4.78 is 5.40. The molecule has 2 atom stereocenters. The summed E-state index contributed by atoms with van der Waals surface area (Å²) in [6.45, 7) is 3.97. The number of benzene rings is 1. The van der Waals surface area contributed by atoms with Gasteiger partial charge in [0.25, 0.3) is 0 Å². The molecular formula is C15H16O4. The lowest BCUT2D eigenvalue weighted by Gasteiger charge is -2.44. The van der Waals surface area contributed by atoms with Crippen molar-refractivity contribution >= 4 is 12.3 Å². The van der Waals surface area contributed by atoms with E-state index in [1.165, 1.54) is 6.07 Å². The first-order chi connectivity index (χ1) is 8.92. The summed E-state index contributed by atoms with van der Waals surface area (Å²) in [6.07, 6.45) is 3.19. The molecule has 3 rings (SSSR count). The highest BCUT2D eigenvalue weighted by atomic mass is 16.5. The number of ether oxygens (including phenoxy) is 1. The van der Waals surface area contributed by atoms with Gasteiger partial charge in [0.2, 0.25) is 0 Å². The van der Waals surface area contributed by atoms with E-state index < -0.39 is 5.41 Å². The fourth-order valence-electron chi connectivity index (χ4n) is 3.51. The molecule has 1 fully saturated rings. The topological polar surface area (TPSA) is 63.6 Å². The van der Waals surface area contributed by atoms with Crippen LogP contribution in [0, 0.1) is 5.41 Å². The second-order valence-electron chi connectivity index (χ2n) is 5.93. The minimum absolute atomic E-state index is 0.0535. The van der Waals surface area contributed by atoms with E-state index in [9.17, 15) is 14.7 Å². The van der Waals surface area contributed by atoms with Crippen LogP contribution in [0.5, 0.6) is 11.5 Å². The molecule has 19 heavy (non-hydrogen) atoms. The van der Waals surface area contributed by atoms with Crippen LogP contribution >= 0.6 is 0 Å². The van der Waals surface area contributed by atoms with Crippen molar-refractivity contribution in [3.8, 4) is 11.5 Å². The van der Waals surface area contributed by atoms with Gasteiger partial charge in [-0.1, -0.05) is 13.3 Å². The van der Waals surface area contributed by atoms with E-state index in [1.54, 1.807) is 6.07 Å². The van der Waals surface area contributed by atoms with Gasteiger partial charge in [0, 0.05) is 11.0 Å². The number of hydrogen-bond donors (Lipinski definition) is 1. The average molecular weight is 260 g/mol. The molecule has 1 N–H and O–H groups in total. The molecule has 4 nitrogen and oxygen atoms in total. The van der Waals surface area contributed by atoms with Gasteiger partial charge >= 0.3 is 5.97 Å². The van der Waals surface area contributed by atoms with E-state index in [0.29, 0.717) is 12.0 Å². The number of fused-ring (bicyclic) bond motifs is 3. The Hall–Kier alpha value is -1.84. The van der Waals surface area contributed by atoms with Gasteiger partial charge in [-0.15, -0.1) is 0 Å². The Morgan fingerprint density at radius 2 is 1.95 bits per heavy atom. The molecule has 2 aliphatic rings. The maximum atomic E-state index is 12.3. The Balaban J connectivity index is 2.27. The van der Waals surface area contributed by atoms with Crippen molar-refractivity contribution in [1.29, 1.82) is 0 Å². The van der Waals surface area contributed by atoms with Crippen LogP contribution < -0.4 is 4.74 Å². The van der Waals surface area contributed by atoms with Crippen LogP contribution in [0.25, 0.3) is 0 Å². The second-order valence-corrected chi connectivity index (χ2v) is 5.93. The smallest absolute Gasteiger partial charge is 0.318 e. The Morgan fingerprint density at radius 3 is 2.63 bits per heavy atom. The number of carbonyl (C=O) groups excluding carboxylic acids is 2. The van der Waals surface area contributed by atoms with Crippen LogP contribution in [0.2, 0.25) is 0 Å². The third-order valence-corrected chi connectivity index (χ3v) is 5.07. The van der Waals surface area contributed by atoms with Crippen molar-refractivity contribution < 1.29 is 19.4 Å². The fraction of sp³-hybridized carbons (Fsp3) is 0.467. The third-order valence-electron chi connectivity index (χ3n) is 5.07. The van der Waals surface area contributed by atoms with E-state index in [-0.39, 0.29) is 22.7 Å². The molecule has 0 amide bonds. The van der Waals surface area contributed by atoms with E-state index in [4.69, 9.17) is 4.74 Å². The van der Waals surface area contributed by atoms with E-state index in [0.717, 1.165) is 24.8 Å². The zero-order chi connectivity index (χ0) is 13.8. The molecule has 0 saturated heterocycles. The molecule has 1 heterocycles. The Kier molecular flexibility index (Phi) is 2.31. The highest BCUT2D eigenvalue weighted by Crippen LogP contribution is 2.59. The summed E-state index contributed by atoms with van der Waals surface area (Å²) in [5, 5.41) is 9.88. The summed E-state index contributed by atoms with van der Waals surface area (Å²) in [5.74, 6) is 0.122. The summed E-state index contributed by atoms with van der Waals surface area (Å²) >= 11 is 0. The number of rotatable bonds is 1. The van der Waals surface area contributed by atoms with Crippen molar-refractivity contribution in [3.05, 3.63) is 23.3 Å². The minimum Gasteiger partial charge on any atom is -0.507 e. The first kappa shape index (κ1) is 12.2. The average Bonchev–Trinajstić information content (AvgIpc) is 2.69. The normalized spacial score (nSPS) is 32.4. The largest absolute Gasteiger partial charge is 0.507 e. The van der Waals surface area contributed by atoms with Gasteiger partial charge in [0.1, 0.15) is 11.5 Å². The van der Waals surface area contributed by atoms with Crippen LogP contribution in [0.3, 0.4) is 0 Å². The van der Waals surface area contributed by atoms with Gasteiger partial charge in [-0.3, -0.25) is 9.59 Å². The summed E-state index contributed by atoms with van der Waals surface area (Å²) in [5.41, 5.74) is 0.0954. The summed E-state index contributed by atoms with van der Waals surface area (Å²) in [7, 11) is 0. The molecule has 0 bridgehead atoms. The number of carbonyl (C=O) groups is 2. The van der Waals surface area contributed by atoms with Gasteiger partial charge in [0.05, 0.1) is 11.0 Å². The Bertz CT molecular complexity index is 592. The molecule has 0 spiro atoms. The molecule has 1 aliphatic heterocycles. The van der Waals surface area contributed by atoms with E-state index in [1.807, 2.05) is 13.8 Å². The van der Waals surface area contributed by atoms with Crippen molar-refractivity contribution in [3.63, 3.8) is 0 Å². The Labute approximate surface area is 111 Å². The predicted molar refractivity (Wildman–Crippen MR) is 68.4 cm³/mol. The van der Waals surface area contributed by atoms with Crippen molar-refractivity contribution in [1.82, 2.24) is 0 Å². The number of aromatic hydroxyl groups is 1. The predicted octanol–water partition coefficient (Wildman–Crippen LogP) is 2.57. The Morgan fingerprint density at radius 1 is 1.26 bits per heavy atom. The third kappa shape index (κ3) is 1.34. The highest BCUT2D eigenvalue weighted by molar-refractivity contribution is 5.87. The maximum absolute atomic E-state index is 12.3. The van der Waals surface area contributed by atoms with Crippen LogP contribution in [0.4, 0.5) is 0 Å². The fourth-order valence-corrected chi connectivity index (χ4v) is 3.51. The maximum Gasteiger partial charge on any atom is 0.318 e. The second kappa shape index (κ2) is 3.59. The minimum atomic E-state index is -0.546. The molecule has 1 aromatic carbocycles. The van der Waals surface area contributed by atoms with Gasteiger partial charge in [-0.05, 0) is 31.9 Å². The van der Waals surface area contributed by atoms with Crippen molar-refractivity contribution in [2.75, 3.05) is 0 Å². The molecular weight excluding hydrogens is 244 g/mol. The molecule has 1 aliphatic carbocycles. The van der Waals surface area contributed by atoms with E-state index >= 15 is 0 Å². The van der Waals surface area contributed by atoms with Crippen LogP contribution in [-0.4, -0.2) is 17.4 Å². The van der Waals surface area contributed by atoms with Gasteiger partial charge in [-0.25, -0.2) is 0 Å². The molecule has 0 radical (unpaired) electrons. The molecule has 0 aromatic heterocycles. The number of hydrogen-bond acceptors (Lipinski definition) is 4. The standard InChI is InChI=1S/C15H16O4/c1-14-4-3-5-15(14,2)13(18)19-12-6-9(8-16)11(17)7-10(12)14/h6-8,17H,3-5H2,1-2H3/t14-,15-/m1/s1. The lowest BCUT2D eigenvalue weighted by Crippen LogP contribution is -2.48. The first-order valence-corrected chi connectivity index (χ1v) is 6.47. The van der Waals surface area contributed by atoms with Crippen molar-refractivity contribution in [2.45, 2.75) is 38.5 Å². The summed E-state index contributed by atoms with van der Waals surface area (Å²) in [6, 6.07) is 3.04. The number of esters is 1. The molecule has 1 saturated carbocycles. The van der Waals surface area contributed by atoms with Crippen LogP contribution in [-0.2, 0) is 10.2 Å². The lowest BCUT2D eigenvalue weighted by atomic mass is 9.62. The molecule has 100 valence electrons. The molecule has 4 heteroatoms. The lowest BCUT2D eigenvalue weighted by molar-refractivity contribution is -0.150.